The summed E-state index contributed by atoms with van der Waals surface area (Å²) in [6, 6.07) is 24.0. The standard InChI is InChI=1S/C27H27N3O2/c1-30(2)18-19-8-9-22-17-23(11-10-21(22)16-19)27-29-28-26(32-27)20-12-14-25(15-13-20)31-24-6-4-3-5-7-24/h3-7,10-15,17,19H,8-9,16,18H2,1-2H3. The van der Waals surface area contributed by atoms with Crippen molar-refractivity contribution in [2.24, 2.45) is 5.92 Å². The lowest BCUT2D eigenvalue weighted by atomic mass is 9.83. The van der Waals surface area contributed by atoms with Gasteiger partial charge in [0.2, 0.25) is 11.8 Å². The molecule has 1 aliphatic rings. The summed E-state index contributed by atoms with van der Waals surface area (Å²) in [6.45, 7) is 1.14. The van der Waals surface area contributed by atoms with Gasteiger partial charge in [0.25, 0.3) is 0 Å². The van der Waals surface area contributed by atoms with Crippen molar-refractivity contribution < 1.29 is 9.15 Å². The van der Waals surface area contributed by atoms with Gasteiger partial charge in [-0.3, -0.25) is 0 Å². The van der Waals surface area contributed by atoms with Crippen LogP contribution in [0.3, 0.4) is 0 Å². The van der Waals surface area contributed by atoms with Crippen LogP contribution in [-0.4, -0.2) is 35.7 Å². The fourth-order valence-electron chi connectivity index (χ4n) is 4.38. The fraction of sp³-hybridized carbons (Fsp3) is 0.259. The van der Waals surface area contributed by atoms with E-state index in [0.717, 1.165) is 47.9 Å². The molecule has 4 aromatic rings. The highest BCUT2D eigenvalue weighted by Crippen LogP contribution is 2.31. The lowest BCUT2D eigenvalue weighted by molar-refractivity contribution is 0.303. The maximum absolute atomic E-state index is 6.01. The van der Waals surface area contributed by atoms with Gasteiger partial charge in [-0.1, -0.05) is 24.3 Å². The fourth-order valence-corrected chi connectivity index (χ4v) is 4.38. The molecule has 0 fully saturated rings. The molecule has 0 bridgehead atoms. The molecule has 1 aliphatic carbocycles. The molecule has 5 heteroatoms. The van der Waals surface area contributed by atoms with E-state index in [0.29, 0.717) is 11.8 Å². The molecule has 1 heterocycles. The molecule has 1 atom stereocenters. The number of fused-ring (bicyclic) bond motifs is 1. The second-order valence-electron chi connectivity index (χ2n) is 8.71. The Morgan fingerprint density at radius 3 is 2.28 bits per heavy atom. The molecule has 32 heavy (non-hydrogen) atoms. The van der Waals surface area contributed by atoms with Crippen LogP contribution in [0.4, 0.5) is 0 Å². The van der Waals surface area contributed by atoms with Gasteiger partial charge in [-0.25, -0.2) is 0 Å². The largest absolute Gasteiger partial charge is 0.457 e. The molecule has 5 rings (SSSR count). The molecule has 162 valence electrons. The second kappa shape index (κ2) is 8.97. The Bertz CT molecular complexity index is 1180. The predicted molar refractivity (Wildman–Crippen MR) is 126 cm³/mol. The number of hydrogen-bond donors (Lipinski definition) is 0. The minimum atomic E-state index is 0.509. The van der Waals surface area contributed by atoms with Gasteiger partial charge < -0.3 is 14.1 Å². The molecule has 1 aromatic heterocycles. The van der Waals surface area contributed by atoms with Crippen LogP contribution in [0.15, 0.2) is 77.2 Å². The number of aryl methyl sites for hydroxylation is 1. The quantitative estimate of drug-likeness (QED) is 0.387. The van der Waals surface area contributed by atoms with Crippen molar-refractivity contribution in [3.05, 3.63) is 83.9 Å². The Kier molecular flexibility index (Phi) is 5.73. The SMILES string of the molecule is CN(C)CC1CCc2cc(-c3nnc(-c4ccc(Oc5ccccc5)cc4)o3)ccc2C1. The predicted octanol–water partition coefficient (Wildman–Crippen LogP) is 5.86. The van der Waals surface area contributed by atoms with Crippen LogP contribution < -0.4 is 4.74 Å². The number of hydrogen-bond acceptors (Lipinski definition) is 5. The number of benzene rings is 3. The third kappa shape index (κ3) is 4.58. The van der Waals surface area contributed by atoms with Gasteiger partial charge in [0, 0.05) is 17.7 Å². The maximum atomic E-state index is 6.01. The molecule has 0 saturated heterocycles. The number of para-hydroxylation sites is 1. The van der Waals surface area contributed by atoms with E-state index in [2.05, 4.69) is 47.4 Å². The van der Waals surface area contributed by atoms with E-state index in [1.165, 1.54) is 17.5 Å². The van der Waals surface area contributed by atoms with Gasteiger partial charge in [0.05, 0.1) is 0 Å². The first-order chi connectivity index (χ1) is 15.6. The molecule has 0 amide bonds. The van der Waals surface area contributed by atoms with E-state index in [-0.39, 0.29) is 0 Å². The summed E-state index contributed by atoms with van der Waals surface area (Å²) in [4.78, 5) is 2.28. The van der Waals surface area contributed by atoms with Crippen molar-refractivity contribution >= 4 is 0 Å². The van der Waals surface area contributed by atoms with Crippen LogP contribution in [0.1, 0.15) is 17.5 Å². The monoisotopic (exact) mass is 425 g/mol. The lowest BCUT2D eigenvalue weighted by Crippen LogP contribution is -2.26. The topological polar surface area (TPSA) is 51.4 Å². The van der Waals surface area contributed by atoms with Crippen molar-refractivity contribution in [3.8, 4) is 34.4 Å². The van der Waals surface area contributed by atoms with Gasteiger partial charge in [0.15, 0.2) is 0 Å². The lowest BCUT2D eigenvalue weighted by Gasteiger charge is -2.27. The van der Waals surface area contributed by atoms with Gasteiger partial charge in [-0.15, -0.1) is 10.2 Å². The minimum Gasteiger partial charge on any atom is -0.457 e. The Morgan fingerprint density at radius 1 is 0.844 bits per heavy atom. The van der Waals surface area contributed by atoms with Crippen molar-refractivity contribution in [3.63, 3.8) is 0 Å². The summed E-state index contributed by atoms with van der Waals surface area (Å²) in [6.07, 6.45) is 3.47. The van der Waals surface area contributed by atoms with Gasteiger partial charge in [0.1, 0.15) is 11.5 Å². The number of nitrogens with zero attached hydrogens (tertiary/aromatic N) is 3. The number of aromatic nitrogens is 2. The summed E-state index contributed by atoms with van der Waals surface area (Å²) in [5, 5.41) is 8.57. The summed E-state index contributed by atoms with van der Waals surface area (Å²) in [7, 11) is 4.30. The van der Waals surface area contributed by atoms with E-state index in [1.54, 1.807) is 0 Å². The van der Waals surface area contributed by atoms with Crippen LogP contribution in [-0.2, 0) is 12.8 Å². The normalized spacial score (nSPS) is 15.5. The van der Waals surface area contributed by atoms with Crippen LogP contribution in [0.2, 0.25) is 0 Å². The van der Waals surface area contributed by atoms with Crippen LogP contribution >= 0.6 is 0 Å². The zero-order valence-corrected chi connectivity index (χ0v) is 18.5. The van der Waals surface area contributed by atoms with E-state index in [9.17, 15) is 0 Å². The molecule has 0 spiro atoms. The average molecular weight is 426 g/mol. The summed E-state index contributed by atoms with van der Waals surface area (Å²) in [5.41, 5.74) is 4.70. The number of rotatable bonds is 6. The summed E-state index contributed by atoms with van der Waals surface area (Å²) in [5.74, 6) is 3.37. The van der Waals surface area contributed by atoms with Gasteiger partial charge in [-0.2, -0.15) is 0 Å². The highest BCUT2D eigenvalue weighted by Gasteiger charge is 2.20. The van der Waals surface area contributed by atoms with E-state index in [1.807, 2.05) is 54.6 Å². The highest BCUT2D eigenvalue weighted by molar-refractivity contribution is 5.60. The van der Waals surface area contributed by atoms with E-state index in [4.69, 9.17) is 9.15 Å². The van der Waals surface area contributed by atoms with Crippen molar-refractivity contribution in [1.82, 2.24) is 15.1 Å². The number of ether oxygens (including phenoxy) is 1. The third-order valence-corrected chi connectivity index (χ3v) is 5.91. The molecule has 0 aliphatic heterocycles. The maximum Gasteiger partial charge on any atom is 0.248 e. The van der Waals surface area contributed by atoms with Gasteiger partial charge >= 0.3 is 0 Å². The Morgan fingerprint density at radius 2 is 1.53 bits per heavy atom. The van der Waals surface area contributed by atoms with Crippen LogP contribution in [0.5, 0.6) is 11.5 Å². The van der Waals surface area contributed by atoms with Gasteiger partial charge in [-0.05, 0) is 98.9 Å². The Balaban J connectivity index is 1.30. The molecular formula is C27H27N3O2. The molecule has 0 N–H and O–H groups in total. The first kappa shape index (κ1) is 20.5. The smallest absolute Gasteiger partial charge is 0.248 e. The molecule has 1 unspecified atom stereocenters. The Hall–Kier alpha value is -3.44. The van der Waals surface area contributed by atoms with Crippen molar-refractivity contribution in [2.75, 3.05) is 20.6 Å². The van der Waals surface area contributed by atoms with Crippen LogP contribution in [0, 0.1) is 5.92 Å². The van der Waals surface area contributed by atoms with Crippen LogP contribution in [0.25, 0.3) is 22.9 Å². The zero-order valence-electron chi connectivity index (χ0n) is 18.5. The van der Waals surface area contributed by atoms with Crippen molar-refractivity contribution in [2.45, 2.75) is 19.3 Å². The third-order valence-electron chi connectivity index (χ3n) is 5.91. The first-order valence-electron chi connectivity index (χ1n) is 11.1. The van der Waals surface area contributed by atoms with E-state index < -0.39 is 0 Å². The summed E-state index contributed by atoms with van der Waals surface area (Å²) < 4.78 is 11.9. The minimum absolute atomic E-state index is 0.509. The molecular weight excluding hydrogens is 398 g/mol. The molecule has 3 aromatic carbocycles. The molecule has 5 nitrogen and oxygen atoms in total. The van der Waals surface area contributed by atoms with E-state index >= 15 is 0 Å². The highest BCUT2D eigenvalue weighted by atomic mass is 16.5. The summed E-state index contributed by atoms with van der Waals surface area (Å²) >= 11 is 0. The zero-order chi connectivity index (χ0) is 21.9. The molecule has 0 radical (unpaired) electrons. The molecule has 0 saturated carbocycles. The second-order valence-corrected chi connectivity index (χ2v) is 8.71. The van der Waals surface area contributed by atoms with Crippen molar-refractivity contribution in [1.29, 1.82) is 0 Å². The first-order valence-corrected chi connectivity index (χ1v) is 11.1. The Labute approximate surface area is 188 Å². The average Bonchev–Trinajstić information content (AvgIpc) is 3.30.